The van der Waals surface area contributed by atoms with Crippen molar-refractivity contribution in [2.24, 2.45) is 7.05 Å². The molecule has 0 radical (unpaired) electrons. The second kappa shape index (κ2) is 5.88. The zero-order valence-corrected chi connectivity index (χ0v) is 13.6. The number of fused-ring (bicyclic) bond motifs is 1. The predicted molar refractivity (Wildman–Crippen MR) is 93.5 cm³/mol. The number of hydrogen-bond acceptors (Lipinski definition) is 3. The largest absolute Gasteiger partial charge is 0.350 e. The predicted octanol–water partition coefficient (Wildman–Crippen LogP) is 3.23. The number of aromatic nitrogens is 1. The van der Waals surface area contributed by atoms with Gasteiger partial charge in [0.15, 0.2) is 0 Å². The zero-order valence-electron chi connectivity index (χ0n) is 12.8. The standard InChI is InChI=1S/C18H21N3S/c1-20-13-15(14-5-2-3-6-16(14)20)18(17-7-4-12-22-17)21-10-8-19-9-11-21/h2-7,12-13,18-19H,8-11H2,1H3/t18-/m1/s1. The van der Waals surface area contributed by atoms with Gasteiger partial charge < -0.3 is 9.88 Å². The van der Waals surface area contributed by atoms with Crippen LogP contribution in [-0.4, -0.2) is 35.6 Å². The molecule has 1 N–H and O–H groups in total. The van der Waals surface area contributed by atoms with Crippen LogP contribution in [0.2, 0.25) is 0 Å². The molecule has 2 aromatic heterocycles. The number of thiophene rings is 1. The molecular weight excluding hydrogens is 290 g/mol. The second-order valence-electron chi connectivity index (χ2n) is 5.92. The lowest BCUT2D eigenvalue weighted by Crippen LogP contribution is -2.45. The zero-order chi connectivity index (χ0) is 14.9. The van der Waals surface area contributed by atoms with Crippen LogP contribution >= 0.6 is 11.3 Å². The van der Waals surface area contributed by atoms with Crippen molar-refractivity contribution < 1.29 is 0 Å². The first kappa shape index (κ1) is 14.0. The first-order valence-electron chi connectivity index (χ1n) is 7.87. The quantitative estimate of drug-likeness (QED) is 0.801. The van der Waals surface area contributed by atoms with Crippen LogP contribution in [-0.2, 0) is 7.05 Å². The van der Waals surface area contributed by atoms with Crippen molar-refractivity contribution in [3.05, 3.63) is 58.4 Å². The fraction of sp³-hybridized carbons (Fsp3) is 0.333. The minimum atomic E-state index is 0.369. The lowest BCUT2D eigenvalue weighted by Gasteiger charge is -2.34. The van der Waals surface area contributed by atoms with E-state index in [-0.39, 0.29) is 0 Å². The van der Waals surface area contributed by atoms with Crippen molar-refractivity contribution in [3.8, 4) is 0 Å². The normalized spacial score (nSPS) is 17.9. The van der Waals surface area contributed by atoms with Gasteiger partial charge in [-0.3, -0.25) is 4.90 Å². The highest BCUT2D eigenvalue weighted by molar-refractivity contribution is 7.10. The molecule has 22 heavy (non-hydrogen) atoms. The number of aryl methyl sites for hydroxylation is 1. The molecule has 1 aliphatic rings. The number of nitrogens with zero attached hydrogens (tertiary/aromatic N) is 2. The van der Waals surface area contributed by atoms with Gasteiger partial charge in [-0.05, 0) is 17.5 Å². The first-order valence-corrected chi connectivity index (χ1v) is 8.74. The number of rotatable bonds is 3. The Kier molecular flexibility index (Phi) is 3.74. The molecule has 1 aliphatic heterocycles. The van der Waals surface area contributed by atoms with E-state index in [1.807, 2.05) is 11.3 Å². The number of para-hydroxylation sites is 1. The Morgan fingerprint density at radius 2 is 1.91 bits per heavy atom. The van der Waals surface area contributed by atoms with Gasteiger partial charge >= 0.3 is 0 Å². The number of hydrogen-bond donors (Lipinski definition) is 1. The molecule has 0 unspecified atom stereocenters. The summed E-state index contributed by atoms with van der Waals surface area (Å²) in [5.74, 6) is 0. The van der Waals surface area contributed by atoms with Crippen LogP contribution in [0.15, 0.2) is 48.0 Å². The average Bonchev–Trinajstić information content (AvgIpc) is 3.19. The number of benzene rings is 1. The summed E-state index contributed by atoms with van der Waals surface area (Å²) in [6.45, 7) is 4.36. The van der Waals surface area contributed by atoms with Crippen LogP contribution in [0.5, 0.6) is 0 Å². The fourth-order valence-corrected chi connectivity index (χ4v) is 4.38. The van der Waals surface area contributed by atoms with E-state index in [9.17, 15) is 0 Å². The molecule has 114 valence electrons. The maximum Gasteiger partial charge on any atom is 0.0717 e. The van der Waals surface area contributed by atoms with E-state index in [1.165, 1.54) is 21.3 Å². The van der Waals surface area contributed by atoms with Gasteiger partial charge in [-0.25, -0.2) is 0 Å². The van der Waals surface area contributed by atoms with E-state index in [0.717, 1.165) is 26.2 Å². The Morgan fingerprint density at radius 3 is 2.68 bits per heavy atom. The Bertz CT molecular complexity index is 754. The SMILES string of the molecule is Cn1cc([C@H](c2cccs2)N2CCNCC2)c2ccccc21. The second-order valence-corrected chi connectivity index (χ2v) is 6.90. The lowest BCUT2D eigenvalue weighted by molar-refractivity contribution is 0.201. The van der Waals surface area contributed by atoms with Crippen LogP contribution < -0.4 is 5.32 Å². The Hall–Kier alpha value is -1.62. The van der Waals surface area contributed by atoms with Crippen LogP contribution in [0.1, 0.15) is 16.5 Å². The average molecular weight is 311 g/mol. The maximum atomic E-state index is 3.47. The molecule has 0 bridgehead atoms. The third-order valence-corrected chi connectivity index (χ3v) is 5.48. The molecule has 1 fully saturated rings. The van der Waals surface area contributed by atoms with Crippen molar-refractivity contribution in [2.45, 2.75) is 6.04 Å². The van der Waals surface area contributed by atoms with Crippen LogP contribution in [0.4, 0.5) is 0 Å². The summed E-state index contributed by atoms with van der Waals surface area (Å²) in [4.78, 5) is 4.06. The third kappa shape index (κ3) is 2.37. The van der Waals surface area contributed by atoms with Crippen molar-refractivity contribution in [1.29, 1.82) is 0 Å². The molecule has 3 heterocycles. The molecule has 0 amide bonds. The maximum absolute atomic E-state index is 3.47. The van der Waals surface area contributed by atoms with Gasteiger partial charge in [-0.2, -0.15) is 0 Å². The third-order valence-electron chi connectivity index (χ3n) is 4.55. The Labute approximate surface area is 135 Å². The van der Waals surface area contributed by atoms with Crippen molar-refractivity contribution in [2.75, 3.05) is 26.2 Å². The van der Waals surface area contributed by atoms with Gasteiger partial charge in [-0.15, -0.1) is 11.3 Å². The topological polar surface area (TPSA) is 20.2 Å². The molecule has 1 saturated heterocycles. The van der Waals surface area contributed by atoms with Crippen molar-refractivity contribution in [1.82, 2.24) is 14.8 Å². The highest BCUT2D eigenvalue weighted by Gasteiger charge is 2.27. The van der Waals surface area contributed by atoms with E-state index in [2.05, 4.69) is 69.8 Å². The van der Waals surface area contributed by atoms with Crippen molar-refractivity contribution >= 4 is 22.2 Å². The van der Waals surface area contributed by atoms with Gasteiger partial charge in [0.05, 0.1) is 6.04 Å². The van der Waals surface area contributed by atoms with E-state index in [0.29, 0.717) is 6.04 Å². The summed E-state index contributed by atoms with van der Waals surface area (Å²) in [6.07, 6.45) is 2.32. The molecule has 1 atom stereocenters. The summed E-state index contributed by atoms with van der Waals surface area (Å²) in [6, 6.07) is 13.6. The summed E-state index contributed by atoms with van der Waals surface area (Å²) < 4.78 is 2.26. The minimum absolute atomic E-state index is 0.369. The number of nitrogens with one attached hydrogen (secondary N) is 1. The van der Waals surface area contributed by atoms with E-state index < -0.39 is 0 Å². The van der Waals surface area contributed by atoms with Gasteiger partial charge in [0, 0.05) is 60.8 Å². The van der Waals surface area contributed by atoms with Crippen LogP contribution in [0.3, 0.4) is 0 Å². The van der Waals surface area contributed by atoms with Gasteiger partial charge in [0.25, 0.3) is 0 Å². The first-order chi connectivity index (χ1) is 10.8. The molecular formula is C18H21N3S. The summed E-state index contributed by atoms with van der Waals surface area (Å²) in [5, 5.41) is 7.03. The fourth-order valence-electron chi connectivity index (χ4n) is 3.51. The Balaban J connectivity index is 1.85. The van der Waals surface area contributed by atoms with Crippen molar-refractivity contribution in [3.63, 3.8) is 0 Å². The van der Waals surface area contributed by atoms with E-state index in [1.54, 1.807) is 0 Å². The molecule has 0 aliphatic carbocycles. The molecule has 0 spiro atoms. The number of piperazine rings is 1. The van der Waals surface area contributed by atoms with Crippen LogP contribution in [0, 0.1) is 0 Å². The molecule has 1 aromatic carbocycles. The van der Waals surface area contributed by atoms with Gasteiger partial charge in [-0.1, -0.05) is 24.3 Å². The molecule has 0 saturated carbocycles. The molecule has 3 aromatic rings. The smallest absolute Gasteiger partial charge is 0.0717 e. The molecule has 3 nitrogen and oxygen atoms in total. The monoisotopic (exact) mass is 311 g/mol. The highest BCUT2D eigenvalue weighted by Crippen LogP contribution is 2.36. The summed E-state index contributed by atoms with van der Waals surface area (Å²) in [7, 11) is 2.15. The Morgan fingerprint density at radius 1 is 1.09 bits per heavy atom. The lowest BCUT2D eigenvalue weighted by atomic mass is 10.0. The van der Waals surface area contributed by atoms with Gasteiger partial charge in [0.1, 0.15) is 0 Å². The highest BCUT2D eigenvalue weighted by atomic mass is 32.1. The summed E-state index contributed by atoms with van der Waals surface area (Å²) >= 11 is 1.87. The molecule has 4 rings (SSSR count). The van der Waals surface area contributed by atoms with Gasteiger partial charge in [0.2, 0.25) is 0 Å². The minimum Gasteiger partial charge on any atom is -0.350 e. The summed E-state index contributed by atoms with van der Waals surface area (Å²) in [5.41, 5.74) is 2.75. The van der Waals surface area contributed by atoms with Crippen LogP contribution in [0.25, 0.3) is 10.9 Å². The van der Waals surface area contributed by atoms with E-state index >= 15 is 0 Å². The molecule has 4 heteroatoms. The van der Waals surface area contributed by atoms with E-state index in [4.69, 9.17) is 0 Å².